The van der Waals surface area contributed by atoms with E-state index in [1.54, 1.807) is 6.92 Å². The van der Waals surface area contributed by atoms with Gasteiger partial charge in [0.05, 0.1) is 11.9 Å². The average molecular weight is 555 g/mol. The molecule has 1 aliphatic rings. The number of nitrogens with one attached hydrogen (secondary N) is 1. The third-order valence-electron chi connectivity index (χ3n) is 6.37. The number of nitrogens with zero attached hydrogens (tertiary/aromatic N) is 2. The topological polar surface area (TPSA) is 86.8 Å². The summed E-state index contributed by atoms with van der Waals surface area (Å²) < 4.78 is 26.3. The lowest BCUT2D eigenvalue weighted by atomic mass is 9.95. The molecule has 0 aromatic heterocycles. The van der Waals surface area contributed by atoms with Crippen molar-refractivity contribution >= 4 is 50.7 Å². The number of carbonyl (C=O) groups is 2. The molecule has 7 nitrogen and oxygen atoms in total. The van der Waals surface area contributed by atoms with Crippen LogP contribution in [0.3, 0.4) is 0 Å². The molecule has 196 valence electrons. The number of halogens is 2. The molecule has 0 unspecified atom stereocenters. The van der Waals surface area contributed by atoms with Crippen molar-refractivity contribution in [1.82, 2.24) is 10.2 Å². The van der Waals surface area contributed by atoms with Crippen molar-refractivity contribution < 1.29 is 18.0 Å². The molecule has 1 N–H and O–H groups in total. The van der Waals surface area contributed by atoms with E-state index >= 15 is 0 Å². The van der Waals surface area contributed by atoms with Gasteiger partial charge in [0.25, 0.3) is 0 Å². The first-order valence-corrected chi connectivity index (χ1v) is 14.6. The number of hydrogen-bond acceptors (Lipinski definition) is 4. The van der Waals surface area contributed by atoms with E-state index in [1.807, 2.05) is 31.2 Å². The van der Waals surface area contributed by atoms with Gasteiger partial charge in [-0.3, -0.25) is 13.9 Å². The molecule has 36 heavy (non-hydrogen) atoms. The van der Waals surface area contributed by atoms with E-state index in [4.69, 9.17) is 23.2 Å². The van der Waals surface area contributed by atoms with Gasteiger partial charge < -0.3 is 10.2 Å². The smallest absolute Gasteiger partial charge is 0.244 e. The normalized spacial score (nSPS) is 15.2. The Kier molecular flexibility index (Phi) is 9.66. The highest BCUT2D eigenvalue weighted by Gasteiger charge is 2.31. The van der Waals surface area contributed by atoms with E-state index in [0.717, 1.165) is 53.8 Å². The summed E-state index contributed by atoms with van der Waals surface area (Å²) in [5, 5.41) is 3.57. The summed E-state index contributed by atoms with van der Waals surface area (Å²) in [6, 6.07) is 11.3. The van der Waals surface area contributed by atoms with Crippen molar-refractivity contribution in [1.29, 1.82) is 0 Å². The van der Waals surface area contributed by atoms with Gasteiger partial charge in [0.15, 0.2) is 0 Å². The van der Waals surface area contributed by atoms with Gasteiger partial charge in [-0.1, -0.05) is 72.3 Å². The van der Waals surface area contributed by atoms with Crippen LogP contribution in [0.1, 0.15) is 50.2 Å². The second-order valence-electron chi connectivity index (χ2n) is 9.43. The number of carbonyl (C=O) groups excluding carboxylic acids is 2. The number of anilines is 1. The van der Waals surface area contributed by atoms with E-state index < -0.39 is 28.5 Å². The molecule has 3 rings (SSSR count). The number of benzene rings is 2. The van der Waals surface area contributed by atoms with Crippen LogP contribution < -0.4 is 9.62 Å². The second-order valence-corrected chi connectivity index (χ2v) is 12.2. The molecule has 0 heterocycles. The summed E-state index contributed by atoms with van der Waals surface area (Å²) in [6.45, 7) is 3.28. The highest BCUT2D eigenvalue weighted by molar-refractivity contribution is 7.92. The fourth-order valence-corrected chi connectivity index (χ4v) is 5.80. The zero-order valence-electron chi connectivity index (χ0n) is 20.8. The first kappa shape index (κ1) is 28.3. The summed E-state index contributed by atoms with van der Waals surface area (Å²) in [6.07, 6.45) is 6.14. The van der Waals surface area contributed by atoms with E-state index in [1.165, 1.54) is 23.1 Å². The fraction of sp³-hybridized carbons (Fsp3) is 0.462. The van der Waals surface area contributed by atoms with Gasteiger partial charge in [0, 0.05) is 22.6 Å². The van der Waals surface area contributed by atoms with E-state index in [-0.39, 0.29) is 34.2 Å². The Morgan fingerprint density at radius 1 is 1.06 bits per heavy atom. The molecule has 1 saturated carbocycles. The minimum atomic E-state index is -3.86. The number of sulfonamides is 1. The molecule has 1 fully saturated rings. The van der Waals surface area contributed by atoms with Crippen LogP contribution in [0, 0.1) is 6.92 Å². The quantitative estimate of drug-likeness (QED) is 0.476. The maximum Gasteiger partial charge on any atom is 0.244 e. The van der Waals surface area contributed by atoms with Crippen LogP contribution >= 0.6 is 23.2 Å². The minimum absolute atomic E-state index is 0.0887. The molecule has 2 amide bonds. The zero-order valence-corrected chi connectivity index (χ0v) is 23.2. The Hall–Kier alpha value is -2.29. The van der Waals surface area contributed by atoms with Gasteiger partial charge in [0.2, 0.25) is 21.8 Å². The van der Waals surface area contributed by atoms with Crippen LogP contribution in [0.2, 0.25) is 10.0 Å². The van der Waals surface area contributed by atoms with Gasteiger partial charge in [-0.25, -0.2) is 8.42 Å². The third kappa shape index (κ3) is 7.85. The highest BCUT2D eigenvalue weighted by Crippen LogP contribution is 2.27. The molecule has 10 heteroatoms. The zero-order chi connectivity index (χ0) is 26.5. The van der Waals surface area contributed by atoms with Crippen LogP contribution in [0.25, 0.3) is 0 Å². The van der Waals surface area contributed by atoms with Crippen LogP contribution in [-0.2, 0) is 26.2 Å². The fourth-order valence-electron chi connectivity index (χ4n) is 4.46. The molecule has 0 saturated heterocycles. The maximum absolute atomic E-state index is 13.6. The van der Waals surface area contributed by atoms with Crippen molar-refractivity contribution in [3.05, 3.63) is 63.6 Å². The maximum atomic E-state index is 13.6. The lowest BCUT2D eigenvalue weighted by Crippen LogP contribution is -2.53. The van der Waals surface area contributed by atoms with Gasteiger partial charge in [-0.2, -0.15) is 0 Å². The number of aryl methyl sites for hydroxylation is 1. The summed E-state index contributed by atoms with van der Waals surface area (Å²) in [4.78, 5) is 28.3. The summed E-state index contributed by atoms with van der Waals surface area (Å²) in [5.41, 5.74) is 2.04. The van der Waals surface area contributed by atoms with Crippen LogP contribution in [0.5, 0.6) is 0 Å². The van der Waals surface area contributed by atoms with E-state index in [9.17, 15) is 18.0 Å². The van der Waals surface area contributed by atoms with Crippen molar-refractivity contribution in [3.63, 3.8) is 0 Å². The standard InChI is InChI=1S/C26H33Cl2N3O4S/c1-18-8-7-9-20(12-18)16-30(19(2)26(33)29-23-10-5-4-6-11-23)25(32)17-31(36(3,34)35)24-14-21(27)13-22(28)15-24/h7-9,12-15,19,23H,4-6,10-11,16-17H2,1-3H3,(H,29,33)/t19-/m0/s1. The molecule has 0 radical (unpaired) electrons. The molecular formula is C26H33Cl2N3O4S. The highest BCUT2D eigenvalue weighted by atomic mass is 35.5. The van der Waals surface area contributed by atoms with Gasteiger partial charge in [-0.05, 0) is 50.5 Å². The molecular weight excluding hydrogens is 521 g/mol. The monoisotopic (exact) mass is 553 g/mol. The predicted molar refractivity (Wildman–Crippen MR) is 145 cm³/mol. The second kappa shape index (κ2) is 12.3. The molecule has 1 atom stereocenters. The molecule has 1 aliphatic carbocycles. The SMILES string of the molecule is Cc1cccc(CN(C(=O)CN(c2cc(Cl)cc(Cl)c2)S(C)(=O)=O)[C@@H](C)C(=O)NC2CCCCC2)c1. The average Bonchev–Trinajstić information content (AvgIpc) is 2.79. The molecule has 0 bridgehead atoms. The Labute approximate surface area is 223 Å². The Morgan fingerprint density at radius 2 is 1.69 bits per heavy atom. The number of hydrogen-bond donors (Lipinski definition) is 1. The van der Waals surface area contributed by atoms with Crippen molar-refractivity contribution in [3.8, 4) is 0 Å². The predicted octanol–water partition coefficient (Wildman–Crippen LogP) is 4.93. The Morgan fingerprint density at radius 3 is 2.28 bits per heavy atom. The van der Waals surface area contributed by atoms with Gasteiger partial charge in [0.1, 0.15) is 12.6 Å². The lowest BCUT2D eigenvalue weighted by Gasteiger charge is -2.33. The van der Waals surface area contributed by atoms with Crippen LogP contribution in [0.15, 0.2) is 42.5 Å². The minimum Gasteiger partial charge on any atom is -0.352 e. The Bertz CT molecular complexity index is 1180. The first-order chi connectivity index (χ1) is 16.9. The summed E-state index contributed by atoms with van der Waals surface area (Å²) in [5.74, 6) is -0.760. The number of rotatable bonds is 9. The van der Waals surface area contributed by atoms with Crippen molar-refractivity contribution in [2.45, 2.75) is 64.6 Å². The van der Waals surface area contributed by atoms with Gasteiger partial charge >= 0.3 is 0 Å². The van der Waals surface area contributed by atoms with Crippen LogP contribution in [0.4, 0.5) is 5.69 Å². The Balaban J connectivity index is 1.89. The largest absolute Gasteiger partial charge is 0.352 e. The number of amides is 2. The molecule has 2 aromatic rings. The van der Waals surface area contributed by atoms with Crippen molar-refractivity contribution in [2.75, 3.05) is 17.1 Å². The van der Waals surface area contributed by atoms with Crippen LogP contribution in [-0.4, -0.2) is 50.0 Å². The van der Waals surface area contributed by atoms with Crippen molar-refractivity contribution in [2.24, 2.45) is 0 Å². The van der Waals surface area contributed by atoms with Gasteiger partial charge in [-0.15, -0.1) is 0 Å². The molecule has 2 aromatic carbocycles. The first-order valence-electron chi connectivity index (χ1n) is 12.0. The summed E-state index contributed by atoms with van der Waals surface area (Å²) >= 11 is 12.2. The lowest BCUT2D eigenvalue weighted by molar-refractivity contribution is -0.139. The molecule has 0 spiro atoms. The van der Waals surface area contributed by atoms with E-state index in [0.29, 0.717) is 0 Å². The third-order valence-corrected chi connectivity index (χ3v) is 7.95. The summed E-state index contributed by atoms with van der Waals surface area (Å²) in [7, 11) is -3.86. The molecule has 0 aliphatic heterocycles. The van der Waals surface area contributed by atoms with E-state index in [2.05, 4.69) is 5.32 Å².